The lowest BCUT2D eigenvalue weighted by Crippen LogP contribution is -1.88. The smallest absolute Gasteiger partial charge is 0.0404 e. The van der Waals surface area contributed by atoms with Crippen molar-refractivity contribution in [1.29, 1.82) is 10.8 Å². The van der Waals surface area contributed by atoms with Crippen LogP contribution in [-0.4, -0.2) is 11.6 Å². The monoisotopic (exact) mass is 96.1 g/mol. The highest BCUT2D eigenvalue weighted by atomic mass is 14.4. The zero-order valence-corrected chi connectivity index (χ0v) is 4.50. The highest BCUT2D eigenvalue weighted by Crippen LogP contribution is 1.84. The van der Waals surface area contributed by atoms with Crippen LogP contribution < -0.4 is 0 Å². The third-order valence-corrected chi connectivity index (χ3v) is 0.750. The Morgan fingerprint density at radius 3 is 1.86 bits per heavy atom. The molecule has 0 spiro atoms. The van der Waals surface area contributed by atoms with Crippen molar-refractivity contribution in [2.24, 2.45) is 0 Å². The minimum Gasteiger partial charge on any atom is -0.305 e. The van der Waals surface area contributed by atoms with Gasteiger partial charge in [-0.25, -0.2) is 0 Å². The van der Waals surface area contributed by atoms with Gasteiger partial charge in [-0.1, -0.05) is 0 Å². The lowest BCUT2D eigenvalue weighted by molar-refractivity contribution is 1.43. The Hall–Kier alpha value is -0.880. The van der Waals surface area contributed by atoms with Crippen molar-refractivity contribution in [1.82, 2.24) is 0 Å². The molecule has 0 heterocycles. The van der Waals surface area contributed by atoms with E-state index in [1.165, 1.54) is 0 Å². The zero-order valence-electron chi connectivity index (χ0n) is 4.50. The van der Waals surface area contributed by atoms with Crippen LogP contribution in [0.5, 0.6) is 0 Å². The molecule has 0 aromatic carbocycles. The van der Waals surface area contributed by atoms with Gasteiger partial charge in [0.2, 0.25) is 0 Å². The van der Waals surface area contributed by atoms with Gasteiger partial charge in [0.1, 0.15) is 0 Å². The van der Waals surface area contributed by atoms with E-state index in [-0.39, 0.29) is 0 Å². The van der Waals surface area contributed by atoms with E-state index >= 15 is 0 Å². The Balaban J connectivity index is 4.10. The molecule has 0 amide bonds. The minimum absolute atomic E-state index is 0.412. The second-order valence-corrected chi connectivity index (χ2v) is 1.38. The van der Waals surface area contributed by atoms with Gasteiger partial charge in [-0.05, 0) is 19.7 Å². The normalized spacial score (nSPS) is 7.14. The summed E-state index contributed by atoms with van der Waals surface area (Å²) in [7, 11) is 0. The first-order valence-corrected chi connectivity index (χ1v) is 2.00. The molecule has 0 saturated heterocycles. The maximum absolute atomic E-state index is 6.88. The Morgan fingerprint density at radius 2 is 1.86 bits per heavy atom. The Kier molecular flexibility index (Phi) is 2.03. The molecule has 2 nitrogen and oxygen atoms in total. The molecule has 0 rings (SSSR count). The van der Waals surface area contributed by atoms with Crippen LogP contribution in [0.2, 0.25) is 0 Å². The fourth-order valence-corrected chi connectivity index (χ4v) is 0.0938. The molecule has 0 saturated carbocycles. The Bertz CT molecular complexity index is 129. The highest BCUT2D eigenvalue weighted by molar-refractivity contribution is 6.02. The summed E-state index contributed by atoms with van der Waals surface area (Å²) in [6, 6.07) is 0. The molecule has 2 heteroatoms. The fraction of sp³-hybridized carbons (Fsp3) is 0.400. The largest absolute Gasteiger partial charge is 0.305 e. The topological polar surface area (TPSA) is 47.7 Å². The van der Waals surface area contributed by atoms with Gasteiger partial charge in [0.15, 0.2) is 0 Å². The molecule has 0 radical (unpaired) electrons. The van der Waals surface area contributed by atoms with Crippen molar-refractivity contribution in [3.63, 3.8) is 0 Å². The Labute approximate surface area is 42.9 Å². The molecule has 0 fully saturated rings. The lowest BCUT2D eigenvalue weighted by Gasteiger charge is -1.84. The van der Waals surface area contributed by atoms with Crippen molar-refractivity contribution in [3.8, 4) is 0 Å². The SMILES string of the molecule is CC(=N)C(C)=C=N. The molecule has 0 aliphatic heterocycles. The molecular weight excluding hydrogens is 88.1 g/mol. The Morgan fingerprint density at radius 1 is 1.43 bits per heavy atom. The van der Waals surface area contributed by atoms with Crippen molar-refractivity contribution >= 4 is 11.6 Å². The van der Waals surface area contributed by atoms with Gasteiger partial charge < -0.3 is 5.41 Å². The first kappa shape index (κ1) is 6.12. The van der Waals surface area contributed by atoms with Crippen LogP contribution in [0.4, 0.5) is 0 Å². The molecule has 0 aliphatic carbocycles. The molecule has 0 bridgehead atoms. The number of hydrogen-bond acceptors (Lipinski definition) is 2. The van der Waals surface area contributed by atoms with Gasteiger partial charge in [-0.3, -0.25) is 5.41 Å². The predicted molar refractivity (Wildman–Crippen MR) is 30.3 cm³/mol. The average Bonchev–Trinajstić information content (AvgIpc) is 1.65. The summed E-state index contributed by atoms with van der Waals surface area (Å²) in [5, 5.41) is 13.4. The number of allylic oxidation sites excluding steroid dienone is 1. The molecule has 0 aromatic heterocycles. The van der Waals surface area contributed by atoms with Gasteiger partial charge in [0.25, 0.3) is 0 Å². The fourth-order valence-electron chi connectivity index (χ4n) is 0.0938. The number of rotatable bonds is 1. The first-order chi connectivity index (χ1) is 3.18. The van der Waals surface area contributed by atoms with E-state index in [1.807, 2.05) is 0 Å². The van der Waals surface area contributed by atoms with E-state index < -0.39 is 0 Å². The van der Waals surface area contributed by atoms with E-state index in [2.05, 4.69) is 5.87 Å². The maximum Gasteiger partial charge on any atom is 0.0404 e. The van der Waals surface area contributed by atoms with Crippen molar-refractivity contribution in [3.05, 3.63) is 5.57 Å². The second kappa shape index (κ2) is 2.32. The van der Waals surface area contributed by atoms with Gasteiger partial charge in [0.05, 0.1) is 0 Å². The molecule has 0 aliphatic rings. The van der Waals surface area contributed by atoms with E-state index in [1.54, 1.807) is 13.8 Å². The molecule has 2 N–H and O–H groups in total. The van der Waals surface area contributed by atoms with E-state index in [0.29, 0.717) is 11.3 Å². The summed E-state index contributed by atoms with van der Waals surface area (Å²) in [6.07, 6.45) is 0. The molecule has 0 atom stereocenters. The van der Waals surface area contributed by atoms with Crippen molar-refractivity contribution in [2.45, 2.75) is 13.8 Å². The van der Waals surface area contributed by atoms with E-state index in [9.17, 15) is 0 Å². The van der Waals surface area contributed by atoms with Gasteiger partial charge in [-0.2, -0.15) is 0 Å². The molecule has 0 aromatic rings. The second-order valence-electron chi connectivity index (χ2n) is 1.38. The number of nitrogens with one attached hydrogen (secondary N) is 2. The van der Waals surface area contributed by atoms with Crippen molar-refractivity contribution < 1.29 is 0 Å². The summed E-state index contributed by atoms with van der Waals surface area (Å²) < 4.78 is 0. The molecule has 7 heavy (non-hydrogen) atoms. The molecule has 0 unspecified atom stereocenters. The molecule has 38 valence electrons. The third kappa shape index (κ3) is 1.90. The van der Waals surface area contributed by atoms with Gasteiger partial charge in [0, 0.05) is 11.3 Å². The summed E-state index contributed by atoms with van der Waals surface area (Å²) >= 11 is 0. The summed E-state index contributed by atoms with van der Waals surface area (Å²) in [5.74, 6) is 2.11. The van der Waals surface area contributed by atoms with Crippen LogP contribution in [0.3, 0.4) is 0 Å². The highest BCUT2D eigenvalue weighted by Gasteiger charge is 1.84. The van der Waals surface area contributed by atoms with Crippen LogP contribution in [0.15, 0.2) is 5.57 Å². The van der Waals surface area contributed by atoms with Crippen LogP contribution >= 0.6 is 0 Å². The first-order valence-electron chi connectivity index (χ1n) is 2.00. The summed E-state index contributed by atoms with van der Waals surface area (Å²) in [6.45, 7) is 3.33. The lowest BCUT2D eigenvalue weighted by atomic mass is 10.2. The predicted octanol–water partition coefficient (Wildman–Crippen LogP) is 1.22. The average molecular weight is 96.1 g/mol. The molecular formula is C5H8N2. The third-order valence-electron chi connectivity index (χ3n) is 0.750. The van der Waals surface area contributed by atoms with Crippen LogP contribution in [0.25, 0.3) is 0 Å². The van der Waals surface area contributed by atoms with E-state index in [4.69, 9.17) is 10.8 Å². The van der Waals surface area contributed by atoms with Crippen LogP contribution in [0.1, 0.15) is 13.8 Å². The number of hydrogen-bond donors (Lipinski definition) is 2. The summed E-state index contributed by atoms with van der Waals surface area (Å²) in [4.78, 5) is 0. The standard InChI is InChI=1S/C5H8N2/c1-4(3-6)5(2)7/h6-7H,1-2H3. The van der Waals surface area contributed by atoms with Crippen molar-refractivity contribution in [2.75, 3.05) is 0 Å². The van der Waals surface area contributed by atoms with Gasteiger partial charge >= 0.3 is 0 Å². The van der Waals surface area contributed by atoms with E-state index in [0.717, 1.165) is 0 Å². The zero-order chi connectivity index (χ0) is 5.86. The van der Waals surface area contributed by atoms with Gasteiger partial charge in [-0.15, -0.1) is 0 Å². The summed E-state index contributed by atoms with van der Waals surface area (Å²) in [5.41, 5.74) is 1.01. The van der Waals surface area contributed by atoms with Crippen LogP contribution in [-0.2, 0) is 0 Å². The maximum atomic E-state index is 6.88. The quantitative estimate of drug-likeness (QED) is 0.461. The van der Waals surface area contributed by atoms with Crippen LogP contribution in [0, 0.1) is 10.8 Å². The minimum atomic E-state index is 0.412.